The number of amides is 2. The van der Waals surface area contributed by atoms with Crippen LogP contribution in [0.3, 0.4) is 0 Å². The van der Waals surface area contributed by atoms with E-state index in [-0.39, 0.29) is 22.6 Å². The van der Waals surface area contributed by atoms with Gasteiger partial charge in [0.1, 0.15) is 5.82 Å². The maximum atomic E-state index is 13.4. The van der Waals surface area contributed by atoms with Crippen molar-refractivity contribution in [1.29, 1.82) is 0 Å². The molecule has 0 fully saturated rings. The van der Waals surface area contributed by atoms with Crippen molar-refractivity contribution in [1.82, 2.24) is 4.90 Å². The average molecular weight is 399 g/mol. The molecular weight excluding hydrogens is 381 g/mol. The summed E-state index contributed by atoms with van der Waals surface area (Å²) in [5, 5.41) is 11.1. The first-order valence-corrected chi connectivity index (χ1v) is 8.62. The zero-order valence-corrected chi connectivity index (χ0v) is 16.0. The van der Waals surface area contributed by atoms with Crippen molar-refractivity contribution in [2.24, 2.45) is 0 Å². The second kappa shape index (κ2) is 7.70. The van der Waals surface area contributed by atoms with Crippen molar-refractivity contribution in [2.75, 3.05) is 19.1 Å². The van der Waals surface area contributed by atoms with Gasteiger partial charge < -0.3 is 9.64 Å². The van der Waals surface area contributed by atoms with Crippen LogP contribution in [0.15, 0.2) is 59.8 Å². The number of nitro groups is 1. The molecule has 9 heteroatoms. The molecule has 0 saturated carbocycles. The molecule has 2 aromatic rings. The molecule has 2 amide bonds. The van der Waals surface area contributed by atoms with E-state index in [4.69, 9.17) is 4.74 Å². The van der Waals surface area contributed by atoms with Gasteiger partial charge in [0, 0.05) is 24.9 Å². The Bertz CT molecular complexity index is 1020. The van der Waals surface area contributed by atoms with Crippen LogP contribution in [0.25, 0.3) is 0 Å². The van der Waals surface area contributed by atoms with E-state index < -0.39 is 28.8 Å². The molecule has 1 aliphatic heterocycles. The summed E-state index contributed by atoms with van der Waals surface area (Å²) in [5.74, 6) is -1.11. The standard InChI is InChI=1S/C20H18FN3O5/c1-12-17(19(25)29-3)18(13-7-9-14(21)10-8-13)22(2)20(26)23(12)15-5-4-6-16(11-15)24(27)28/h4-11,18H,1-3H3. The third kappa shape index (κ3) is 3.54. The van der Waals surface area contributed by atoms with Crippen molar-refractivity contribution in [3.05, 3.63) is 81.3 Å². The number of benzene rings is 2. The summed E-state index contributed by atoms with van der Waals surface area (Å²) in [6, 6.07) is 9.72. The van der Waals surface area contributed by atoms with Crippen LogP contribution in [0.5, 0.6) is 0 Å². The van der Waals surface area contributed by atoms with Gasteiger partial charge in [0.05, 0.1) is 29.3 Å². The van der Waals surface area contributed by atoms with Crippen LogP contribution in [0.4, 0.5) is 20.6 Å². The zero-order valence-electron chi connectivity index (χ0n) is 16.0. The first kappa shape index (κ1) is 20.0. The normalized spacial score (nSPS) is 16.8. The number of ether oxygens (including phenoxy) is 1. The van der Waals surface area contributed by atoms with Crippen LogP contribution in [0.2, 0.25) is 0 Å². The topological polar surface area (TPSA) is 93.0 Å². The number of nitrogens with zero attached hydrogens (tertiary/aromatic N) is 3. The summed E-state index contributed by atoms with van der Waals surface area (Å²) < 4.78 is 18.3. The van der Waals surface area contributed by atoms with Crippen molar-refractivity contribution in [3.63, 3.8) is 0 Å². The second-order valence-corrected chi connectivity index (χ2v) is 6.45. The molecule has 8 nitrogen and oxygen atoms in total. The summed E-state index contributed by atoms with van der Waals surface area (Å²) >= 11 is 0. The summed E-state index contributed by atoms with van der Waals surface area (Å²) in [6.07, 6.45) is 0. The number of carbonyl (C=O) groups excluding carboxylic acids is 2. The number of methoxy groups -OCH3 is 1. The molecule has 0 radical (unpaired) electrons. The number of allylic oxidation sites excluding steroid dienone is 1. The van der Waals surface area contributed by atoms with Gasteiger partial charge in [-0.05, 0) is 30.7 Å². The van der Waals surface area contributed by atoms with Crippen LogP contribution in [-0.4, -0.2) is 36.0 Å². The average Bonchev–Trinajstić information content (AvgIpc) is 2.71. The fourth-order valence-electron chi connectivity index (χ4n) is 3.38. The Morgan fingerprint density at radius 2 is 1.86 bits per heavy atom. The number of nitro benzene ring substituents is 1. The summed E-state index contributed by atoms with van der Waals surface area (Å²) in [5.41, 5.74) is 1.03. The number of halogens is 1. The van der Waals surface area contributed by atoms with Crippen LogP contribution < -0.4 is 4.90 Å². The smallest absolute Gasteiger partial charge is 0.337 e. The van der Waals surface area contributed by atoms with Crippen LogP contribution in [0, 0.1) is 15.9 Å². The van der Waals surface area contributed by atoms with Gasteiger partial charge in [0.2, 0.25) is 0 Å². The maximum Gasteiger partial charge on any atom is 0.337 e. The zero-order chi connectivity index (χ0) is 21.3. The minimum Gasteiger partial charge on any atom is -0.466 e. The largest absolute Gasteiger partial charge is 0.466 e. The summed E-state index contributed by atoms with van der Waals surface area (Å²) in [4.78, 5) is 38.8. The van der Waals surface area contributed by atoms with Gasteiger partial charge in [-0.2, -0.15) is 0 Å². The van der Waals surface area contributed by atoms with Gasteiger partial charge in [0.25, 0.3) is 5.69 Å². The van der Waals surface area contributed by atoms with Gasteiger partial charge >= 0.3 is 12.0 Å². The van der Waals surface area contributed by atoms with Gasteiger partial charge in [-0.15, -0.1) is 0 Å². The molecule has 2 aromatic carbocycles. The van der Waals surface area contributed by atoms with E-state index in [1.807, 2.05) is 0 Å². The lowest BCUT2D eigenvalue weighted by Crippen LogP contribution is -2.49. The number of hydrogen-bond acceptors (Lipinski definition) is 5. The lowest BCUT2D eigenvalue weighted by Gasteiger charge is -2.40. The predicted octanol–water partition coefficient (Wildman–Crippen LogP) is 3.79. The highest BCUT2D eigenvalue weighted by Gasteiger charge is 2.41. The minimum atomic E-state index is -0.800. The molecule has 0 spiro atoms. The highest BCUT2D eigenvalue weighted by molar-refractivity contribution is 6.03. The molecular formula is C20H18FN3O5. The molecule has 0 aliphatic carbocycles. The molecule has 1 heterocycles. The monoisotopic (exact) mass is 399 g/mol. The molecule has 1 aliphatic rings. The summed E-state index contributed by atoms with van der Waals surface area (Å²) in [6.45, 7) is 1.56. The molecule has 0 aromatic heterocycles. The Balaban J connectivity index is 2.20. The molecule has 1 unspecified atom stereocenters. The Kier molecular flexibility index (Phi) is 5.31. The van der Waals surface area contributed by atoms with E-state index in [1.165, 1.54) is 72.5 Å². The van der Waals surface area contributed by atoms with Crippen LogP contribution in [0.1, 0.15) is 18.5 Å². The Morgan fingerprint density at radius 3 is 2.45 bits per heavy atom. The number of likely N-dealkylation sites (N-methyl/N-ethyl adjacent to an activating group) is 1. The molecule has 1 atom stereocenters. The SMILES string of the molecule is COC(=O)C1=C(C)N(c2cccc([N+](=O)[O-])c2)C(=O)N(C)C1c1ccc(F)cc1. The van der Waals surface area contributed by atoms with Gasteiger partial charge in [-0.1, -0.05) is 18.2 Å². The van der Waals surface area contributed by atoms with Crippen molar-refractivity contribution >= 4 is 23.4 Å². The first-order valence-electron chi connectivity index (χ1n) is 8.62. The lowest BCUT2D eigenvalue weighted by molar-refractivity contribution is -0.384. The quantitative estimate of drug-likeness (QED) is 0.443. The number of carbonyl (C=O) groups is 2. The van der Waals surface area contributed by atoms with Crippen molar-refractivity contribution < 1.29 is 23.6 Å². The maximum absolute atomic E-state index is 13.4. The fraction of sp³-hybridized carbons (Fsp3) is 0.200. The molecule has 0 N–H and O–H groups in total. The summed E-state index contributed by atoms with van der Waals surface area (Å²) in [7, 11) is 2.72. The number of urea groups is 1. The Hall–Kier alpha value is -3.75. The molecule has 0 bridgehead atoms. The Morgan fingerprint density at radius 1 is 1.21 bits per heavy atom. The van der Waals surface area contributed by atoms with E-state index in [0.717, 1.165) is 0 Å². The highest BCUT2D eigenvalue weighted by Crippen LogP contribution is 2.39. The number of rotatable bonds is 4. The first-order chi connectivity index (χ1) is 13.8. The van der Waals surface area contributed by atoms with E-state index in [1.54, 1.807) is 6.92 Å². The van der Waals surface area contributed by atoms with Gasteiger partial charge in [-0.3, -0.25) is 15.0 Å². The van der Waals surface area contributed by atoms with E-state index >= 15 is 0 Å². The third-order valence-electron chi connectivity index (χ3n) is 4.77. The molecule has 3 rings (SSSR count). The van der Waals surface area contributed by atoms with Gasteiger partial charge in [0.15, 0.2) is 0 Å². The Labute approximate surface area is 165 Å². The lowest BCUT2D eigenvalue weighted by atomic mass is 9.93. The fourth-order valence-corrected chi connectivity index (χ4v) is 3.38. The number of hydrogen-bond donors (Lipinski definition) is 0. The van der Waals surface area contributed by atoms with Crippen molar-refractivity contribution in [3.8, 4) is 0 Å². The van der Waals surface area contributed by atoms with E-state index in [0.29, 0.717) is 5.56 Å². The second-order valence-electron chi connectivity index (χ2n) is 6.45. The number of esters is 1. The highest BCUT2D eigenvalue weighted by atomic mass is 19.1. The number of anilines is 1. The van der Waals surface area contributed by atoms with Crippen molar-refractivity contribution in [2.45, 2.75) is 13.0 Å². The molecule has 0 saturated heterocycles. The number of non-ortho nitro benzene ring substituents is 1. The minimum absolute atomic E-state index is 0.174. The molecule has 150 valence electrons. The van der Waals surface area contributed by atoms with Gasteiger partial charge in [-0.25, -0.2) is 14.0 Å². The van der Waals surface area contributed by atoms with Crippen LogP contribution >= 0.6 is 0 Å². The van der Waals surface area contributed by atoms with E-state index in [2.05, 4.69) is 0 Å². The third-order valence-corrected chi connectivity index (χ3v) is 4.77. The predicted molar refractivity (Wildman–Crippen MR) is 103 cm³/mol. The molecule has 29 heavy (non-hydrogen) atoms. The van der Waals surface area contributed by atoms with E-state index in [9.17, 15) is 24.1 Å². The van der Waals surface area contributed by atoms with Crippen LogP contribution in [-0.2, 0) is 9.53 Å².